The summed E-state index contributed by atoms with van der Waals surface area (Å²) in [7, 11) is 0. The van der Waals surface area contributed by atoms with Gasteiger partial charge in [-0.1, -0.05) is 6.92 Å². The van der Waals surface area contributed by atoms with Gasteiger partial charge in [-0.15, -0.1) is 11.3 Å². The van der Waals surface area contributed by atoms with Crippen LogP contribution in [0.1, 0.15) is 17.4 Å². The number of fused-ring (bicyclic) bond motifs is 1. The lowest BCUT2D eigenvalue weighted by Crippen LogP contribution is -2.12. The summed E-state index contributed by atoms with van der Waals surface area (Å²) in [5, 5.41) is 3.30. The third-order valence-corrected chi connectivity index (χ3v) is 3.73. The maximum absolute atomic E-state index is 5.90. The van der Waals surface area contributed by atoms with E-state index in [1.165, 1.54) is 0 Å². The molecule has 5 nitrogen and oxygen atoms in total. The molecule has 0 amide bonds. The predicted octanol–water partition coefficient (Wildman–Crippen LogP) is 2.56. The van der Waals surface area contributed by atoms with E-state index in [1.807, 2.05) is 18.3 Å². The van der Waals surface area contributed by atoms with Gasteiger partial charge in [0.15, 0.2) is 11.5 Å². The topological polar surface area (TPSA) is 52.6 Å². The molecule has 0 spiro atoms. The Bertz CT molecular complexity index is 572. The number of hydrogen-bond acceptors (Lipinski definition) is 6. The molecule has 0 radical (unpaired) electrons. The van der Waals surface area contributed by atoms with Crippen molar-refractivity contribution in [2.75, 3.05) is 13.3 Å². The van der Waals surface area contributed by atoms with Crippen LogP contribution in [0.5, 0.6) is 17.2 Å². The van der Waals surface area contributed by atoms with Crippen LogP contribution in [0.15, 0.2) is 23.8 Å². The first-order valence-corrected chi connectivity index (χ1v) is 7.38. The largest absolute Gasteiger partial charge is 0.488 e. The maximum atomic E-state index is 5.90. The summed E-state index contributed by atoms with van der Waals surface area (Å²) in [5.74, 6) is 2.34. The first-order valence-electron chi connectivity index (χ1n) is 6.50. The summed E-state index contributed by atoms with van der Waals surface area (Å²) >= 11 is 1.58. The molecule has 106 valence electrons. The van der Waals surface area contributed by atoms with Crippen molar-refractivity contribution in [3.05, 3.63) is 34.3 Å². The minimum absolute atomic E-state index is 0.272. The van der Waals surface area contributed by atoms with Gasteiger partial charge < -0.3 is 19.5 Å². The zero-order chi connectivity index (χ0) is 13.8. The molecule has 1 aliphatic heterocycles. The van der Waals surface area contributed by atoms with Gasteiger partial charge in [0.2, 0.25) is 6.79 Å². The lowest BCUT2D eigenvalue weighted by Gasteiger charge is -2.12. The van der Waals surface area contributed by atoms with Gasteiger partial charge >= 0.3 is 0 Å². The molecular formula is C14H16N2O3S. The lowest BCUT2D eigenvalue weighted by atomic mass is 10.1. The lowest BCUT2D eigenvalue weighted by molar-refractivity contribution is 0.173. The highest BCUT2D eigenvalue weighted by molar-refractivity contribution is 7.09. The van der Waals surface area contributed by atoms with Crippen molar-refractivity contribution in [2.24, 2.45) is 0 Å². The minimum Gasteiger partial charge on any atom is -0.488 e. The van der Waals surface area contributed by atoms with Crippen LogP contribution >= 0.6 is 11.3 Å². The third kappa shape index (κ3) is 2.86. The average molecular weight is 292 g/mol. The average Bonchev–Trinajstić information content (AvgIpc) is 3.12. The SMILES string of the molecule is CCNCc1cc2c(cc1OCc1cncs1)OCO2. The van der Waals surface area contributed by atoms with Gasteiger partial charge in [-0.05, 0) is 12.6 Å². The van der Waals surface area contributed by atoms with E-state index in [9.17, 15) is 0 Å². The number of rotatable bonds is 6. The number of ether oxygens (including phenoxy) is 3. The Morgan fingerprint density at radius 1 is 1.35 bits per heavy atom. The van der Waals surface area contributed by atoms with Crippen LogP contribution in [-0.4, -0.2) is 18.3 Å². The van der Waals surface area contributed by atoms with Crippen molar-refractivity contribution >= 4 is 11.3 Å². The van der Waals surface area contributed by atoms with Gasteiger partial charge in [-0.25, -0.2) is 0 Å². The number of hydrogen-bond donors (Lipinski definition) is 1. The summed E-state index contributed by atoms with van der Waals surface area (Å²) < 4.78 is 16.7. The Balaban J connectivity index is 1.79. The molecule has 6 heteroatoms. The van der Waals surface area contributed by atoms with E-state index in [0.717, 1.165) is 40.8 Å². The van der Waals surface area contributed by atoms with Crippen molar-refractivity contribution in [1.29, 1.82) is 0 Å². The van der Waals surface area contributed by atoms with E-state index in [4.69, 9.17) is 14.2 Å². The highest BCUT2D eigenvalue weighted by atomic mass is 32.1. The number of aromatic nitrogens is 1. The van der Waals surface area contributed by atoms with E-state index < -0.39 is 0 Å². The van der Waals surface area contributed by atoms with E-state index in [-0.39, 0.29) is 6.79 Å². The molecule has 2 aromatic rings. The Kier molecular flexibility index (Phi) is 4.03. The van der Waals surface area contributed by atoms with Crippen molar-refractivity contribution in [2.45, 2.75) is 20.1 Å². The normalized spacial score (nSPS) is 12.7. The summed E-state index contributed by atoms with van der Waals surface area (Å²) in [6.07, 6.45) is 1.82. The van der Waals surface area contributed by atoms with Crippen LogP contribution in [0.2, 0.25) is 0 Å². The van der Waals surface area contributed by atoms with Crippen molar-refractivity contribution in [3.63, 3.8) is 0 Å². The van der Waals surface area contributed by atoms with Crippen LogP contribution in [0.25, 0.3) is 0 Å². The van der Waals surface area contributed by atoms with E-state index in [1.54, 1.807) is 16.8 Å². The number of benzene rings is 1. The molecule has 0 fully saturated rings. The van der Waals surface area contributed by atoms with Crippen LogP contribution in [0, 0.1) is 0 Å². The zero-order valence-electron chi connectivity index (χ0n) is 11.2. The monoisotopic (exact) mass is 292 g/mol. The van der Waals surface area contributed by atoms with Gasteiger partial charge in [0.1, 0.15) is 12.4 Å². The second-order valence-corrected chi connectivity index (χ2v) is 5.32. The first-order chi connectivity index (χ1) is 9.86. The second kappa shape index (κ2) is 6.11. The van der Waals surface area contributed by atoms with Gasteiger partial charge in [0.05, 0.1) is 10.4 Å². The fraction of sp³-hybridized carbons (Fsp3) is 0.357. The van der Waals surface area contributed by atoms with Gasteiger partial charge in [-0.3, -0.25) is 4.98 Å². The van der Waals surface area contributed by atoms with Gasteiger partial charge in [-0.2, -0.15) is 0 Å². The minimum atomic E-state index is 0.272. The number of nitrogens with zero attached hydrogens (tertiary/aromatic N) is 1. The fourth-order valence-electron chi connectivity index (χ4n) is 1.96. The molecule has 0 unspecified atom stereocenters. The van der Waals surface area contributed by atoms with Crippen molar-refractivity contribution in [3.8, 4) is 17.2 Å². The maximum Gasteiger partial charge on any atom is 0.231 e. The Hall–Kier alpha value is -1.79. The van der Waals surface area contributed by atoms with Crippen molar-refractivity contribution in [1.82, 2.24) is 10.3 Å². The van der Waals surface area contributed by atoms with Crippen LogP contribution in [0.3, 0.4) is 0 Å². The second-order valence-electron chi connectivity index (χ2n) is 4.35. The highest BCUT2D eigenvalue weighted by Crippen LogP contribution is 2.38. The summed E-state index contributed by atoms with van der Waals surface area (Å²) in [6, 6.07) is 3.88. The highest BCUT2D eigenvalue weighted by Gasteiger charge is 2.18. The molecule has 0 aliphatic carbocycles. The molecule has 0 saturated heterocycles. The molecule has 0 atom stereocenters. The summed E-state index contributed by atoms with van der Waals surface area (Å²) in [6.45, 7) is 4.51. The first kappa shape index (κ1) is 13.2. The molecule has 0 saturated carbocycles. The summed E-state index contributed by atoms with van der Waals surface area (Å²) in [5.41, 5.74) is 2.87. The van der Waals surface area contributed by atoms with E-state index in [2.05, 4.69) is 17.2 Å². The quantitative estimate of drug-likeness (QED) is 0.887. The zero-order valence-corrected chi connectivity index (χ0v) is 12.0. The fourth-order valence-corrected chi connectivity index (χ4v) is 2.47. The molecular weight excluding hydrogens is 276 g/mol. The molecule has 0 bridgehead atoms. The van der Waals surface area contributed by atoms with Crippen LogP contribution in [0.4, 0.5) is 0 Å². The smallest absolute Gasteiger partial charge is 0.231 e. The Morgan fingerprint density at radius 3 is 2.95 bits per heavy atom. The predicted molar refractivity (Wildman–Crippen MR) is 76.4 cm³/mol. The third-order valence-electron chi connectivity index (χ3n) is 2.97. The molecule has 1 aliphatic rings. The molecule has 20 heavy (non-hydrogen) atoms. The van der Waals surface area contributed by atoms with E-state index in [0.29, 0.717) is 6.61 Å². The van der Waals surface area contributed by atoms with Crippen molar-refractivity contribution < 1.29 is 14.2 Å². The van der Waals surface area contributed by atoms with Crippen LogP contribution in [-0.2, 0) is 13.2 Å². The van der Waals surface area contributed by atoms with E-state index >= 15 is 0 Å². The standard InChI is InChI=1S/C14H16N2O3S/c1-2-15-5-10-3-13-14(19-9-18-13)4-12(10)17-7-11-6-16-8-20-11/h3-4,6,8,15H,2,5,7,9H2,1H3. The van der Waals surface area contributed by atoms with Gasteiger partial charge in [0, 0.05) is 24.4 Å². The molecule has 2 heterocycles. The Labute approximate surface area is 121 Å². The van der Waals surface area contributed by atoms with Gasteiger partial charge in [0.25, 0.3) is 0 Å². The molecule has 1 aromatic carbocycles. The molecule has 3 rings (SSSR count). The van der Waals surface area contributed by atoms with Crippen LogP contribution < -0.4 is 19.5 Å². The summed E-state index contributed by atoms with van der Waals surface area (Å²) in [4.78, 5) is 5.14. The Morgan fingerprint density at radius 2 is 2.20 bits per heavy atom. The molecule has 1 aromatic heterocycles. The number of thiazole rings is 1. The molecule has 1 N–H and O–H groups in total. The number of nitrogens with one attached hydrogen (secondary N) is 1.